The van der Waals surface area contributed by atoms with Gasteiger partial charge in [0.25, 0.3) is 5.91 Å². The Morgan fingerprint density at radius 3 is 2.68 bits per heavy atom. The molecule has 2 aliphatic carbocycles. The van der Waals surface area contributed by atoms with E-state index in [0.29, 0.717) is 12.0 Å². The highest BCUT2D eigenvalue weighted by Crippen LogP contribution is 2.39. The van der Waals surface area contributed by atoms with Crippen LogP contribution in [0, 0.1) is 17.2 Å². The molecule has 6 nitrogen and oxygen atoms in total. The van der Waals surface area contributed by atoms with Crippen molar-refractivity contribution in [2.75, 3.05) is 12.4 Å². The van der Waals surface area contributed by atoms with Crippen molar-refractivity contribution in [3.63, 3.8) is 0 Å². The van der Waals surface area contributed by atoms with E-state index in [1.807, 2.05) is 6.20 Å². The largest absolute Gasteiger partial charge is 0.367 e. The number of fused-ring (bicyclic) bond motifs is 1. The van der Waals surface area contributed by atoms with Crippen LogP contribution in [0.3, 0.4) is 0 Å². The van der Waals surface area contributed by atoms with Gasteiger partial charge in [0.2, 0.25) is 0 Å². The molecular formula is C28H39N5O. The SMILES string of the molecule is CN1C(=N)N[C@](CCC2CCCCC2)(C[C@H]2CCC[C@@H](Nc3nccc4ccccc34)C2)C1=O. The van der Waals surface area contributed by atoms with Gasteiger partial charge in [-0.1, -0.05) is 69.2 Å². The maximum absolute atomic E-state index is 13.4. The Kier molecular flexibility index (Phi) is 6.75. The molecule has 2 heterocycles. The zero-order valence-corrected chi connectivity index (χ0v) is 20.5. The number of likely N-dealkylation sites (N-methyl/N-ethyl adjacent to an activating group) is 1. The smallest absolute Gasteiger partial charge is 0.254 e. The quantitative estimate of drug-likeness (QED) is 0.495. The molecule has 1 aromatic carbocycles. The van der Waals surface area contributed by atoms with Crippen molar-refractivity contribution in [2.24, 2.45) is 11.8 Å². The first-order valence-corrected chi connectivity index (χ1v) is 13.3. The molecule has 3 fully saturated rings. The van der Waals surface area contributed by atoms with Gasteiger partial charge < -0.3 is 10.6 Å². The molecule has 0 spiro atoms. The Labute approximate surface area is 203 Å². The van der Waals surface area contributed by atoms with Gasteiger partial charge in [0.1, 0.15) is 11.4 Å². The van der Waals surface area contributed by atoms with Crippen LogP contribution in [0.1, 0.15) is 77.0 Å². The number of hydrogen-bond donors (Lipinski definition) is 3. The third-order valence-electron chi connectivity index (χ3n) is 8.55. The highest BCUT2D eigenvalue weighted by Gasteiger charge is 2.49. The third kappa shape index (κ3) is 4.77. The van der Waals surface area contributed by atoms with Gasteiger partial charge in [-0.05, 0) is 55.4 Å². The number of nitrogens with zero attached hydrogens (tertiary/aromatic N) is 2. The number of nitrogens with one attached hydrogen (secondary N) is 3. The average molecular weight is 462 g/mol. The van der Waals surface area contributed by atoms with E-state index in [-0.39, 0.29) is 11.9 Å². The minimum atomic E-state index is -0.604. The van der Waals surface area contributed by atoms with Crippen LogP contribution in [-0.2, 0) is 4.79 Å². The summed E-state index contributed by atoms with van der Waals surface area (Å²) in [5.41, 5.74) is -0.604. The van der Waals surface area contributed by atoms with Crippen molar-refractivity contribution in [1.29, 1.82) is 5.41 Å². The molecule has 1 aromatic heterocycles. The molecule has 3 N–H and O–H groups in total. The average Bonchev–Trinajstić information content (AvgIpc) is 3.07. The summed E-state index contributed by atoms with van der Waals surface area (Å²) in [6, 6.07) is 10.8. The molecular weight excluding hydrogens is 422 g/mol. The second-order valence-corrected chi connectivity index (χ2v) is 10.9. The number of aromatic nitrogens is 1. The minimum Gasteiger partial charge on any atom is -0.367 e. The van der Waals surface area contributed by atoms with Gasteiger partial charge in [0.15, 0.2) is 5.96 Å². The first-order chi connectivity index (χ1) is 16.5. The van der Waals surface area contributed by atoms with E-state index in [2.05, 4.69) is 45.9 Å². The lowest BCUT2D eigenvalue weighted by Crippen LogP contribution is -2.49. The number of rotatable bonds is 7. The number of benzene rings is 1. The number of carbonyl (C=O) groups is 1. The summed E-state index contributed by atoms with van der Waals surface area (Å²) in [5.74, 6) is 2.52. The Hall–Kier alpha value is -2.63. The lowest BCUT2D eigenvalue weighted by Gasteiger charge is -2.37. The Morgan fingerprint density at radius 2 is 1.88 bits per heavy atom. The number of amides is 1. The van der Waals surface area contributed by atoms with Gasteiger partial charge in [-0.3, -0.25) is 15.1 Å². The predicted octanol–water partition coefficient (Wildman–Crippen LogP) is 5.69. The van der Waals surface area contributed by atoms with E-state index in [0.717, 1.165) is 56.7 Å². The summed E-state index contributed by atoms with van der Waals surface area (Å²) in [6.07, 6.45) is 15.7. The fraction of sp³-hybridized carbons (Fsp3) is 0.607. The summed E-state index contributed by atoms with van der Waals surface area (Å²) < 4.78 is 0. The molecule has 1 amide bonds. The Balaban J connectivity index is 1.28. The monoisotopic (exact) mass is 461 g/mol. The van der Waals surface area contributed by atoms with Crippen LogP contribution in [-0.4, -0.2) is 40.4 Å². The van der Waals surface area contributed by atoms with Crippen LogP contribution in [0.5, 0.6) is 0 Å². The molecule has 3 aliphatic rings. The number of guanidine groups is 1. The summed E-state index contributed by atoms with van der Waals surface area (Å²) in [6.45, 7) is 0. The van der Waals surface area contributed by atoms with Crippen LogP contribution in [0.4, 0.5) is 5.82 Å². The molecule has 0 radical (unpaired) electrons. The highest BCUT2D eigenvalue weighted by molar-refractivity contribution is 6.07. The number of pyridine rings is 1. The van der Waals surface area contributed by atoms with Crippen LogP contribution in [0.15, 0.2) is 36.5 Å². The van der Waals surface area contributed by atoms with E-state index in [1.54, 1.807) is 7.05 Å². The van der Waals surface area contributed by atoms with Gasteiger partial charge in [-0.2, -0.15) is 0 Å². The Bertz CT molecular complexity index is 1030. The summed E-state index contributed by atoms with van der Waals surface area (Å²) in [5, 5.41) is 17.8. The number of carbonyl (C=O) groups excluding carboxylic acids is 1. The highest BCUT2D eigenvalue weighted by atomic mass is 16.2. The molecule has 1 saturated heterocycles. The second-order valence-electron chi connectivity index (χ2n) is 10.9. The summed E-state index contributed by atoms with van der Waals surface area (Å²) in [4.78, 5) is 19.6. The van der Waals surface area contributed by atoms with Gasteiger partial charge in [-0.25, -0.2) is 4.98 Å². The summed E-state index contributed by atoms with van der Waals surface area (Å²) in [7, 11) is 1.75. The third-order valence-corrected chi connectivity index (χ3v) is 8.55. The zero-order valence-electron chi connectivity index (χ0n) is 20.5. The van der Waals surface area contributed by atoms with E-state index in [4.69, 9.17) is 5.41 Å². The van der Waals surface area contributed by atoms with Crippen molar-refractivity contribution in [3.05, 3.63) is 36.5 Å². The molecule has 6 heteroatoms. The topological polar surface area (TPSA) is 81.1 Å². The Morgan fingerprint density at radius 1 is 1.09 bits per heavy atom. The van der Waals surface area contributed by atoms with Crippen LogP contribution in [0.25, 0.3) is 10.8 Å². The molecule has 2 saturated carbocycles. The van der Waals surface area contributed by atoms with Crippen molar-refractivity contribution in [1.82, 2.24) is 15.2 Å². The molecule has 2 aromatic rings. The number of anilines is 1. The fourth-order valence-corrected chi connectivity index (χ4v) is 6.65. The zero-order chi connectivity index (χ0) is 23.5. The molecule has 182 valence electrons. The van der Waals surface area contributed by atoms with Crippen LogP contribution < -0.4 is 10.6 Å². The van der Waals surface area contributed by atoms with Gasteiger partial charge in [-0.15, -0.1) is 0 Å². The van der Waals surface area contributed by atoms with Crippen LogP contribution in [0.2, 0.25) is 0 Å². The van der Waals surface area contributed by atoms with Gasteiger partial charge >= 0.3 is 0 Å². The maximum atomic E-state index is 13.4. The molecule has 34 heavy (non-hydrogen) atoms. The second kappa shape index (κ2) is 9.93. The molecule has 3 atom stereocenters. The maximum Gasteiger partial charge on any atom is 0.254 e. The number of hydrogen-bond acceptors (Lipinski definition) is 4. The van der Waals surface area contributed by atoms with E-state index in [9.17, 15) is 4.79 Å². The fourth-order valence-electron chi connectivity index (χ4n) is 6.65. The molecule has 1 aliphatic heterocycles. The normalized spacial score (nSPS) is 28.3. The van der Waals surface area contributed by atoms with Gasteiger partial charge in [0, 0.05) is 24.7 Å². The van der Waals surface area contributed by atoms with Crippen molar-refractivity contribution >= 4 is 28.5 Å². The minimum absolute atomic E-state index is 0.0964. The summed E-state index contributed by atoms with van der Waals surface area (Å²) >= 11 is 0. The van der Waals surface area contributed by atoms with Crippen molar-refractivity contribution < 1.29 is 4.79 Å². The lowest BCUT2D eigenvalue weighted by molar-refractivity contribution is -0.131. The molecule has 5 rings (SSSR count). The molecule has 0 bridgehead atoms. The predicted molar refractivity (Wildman–Crippen MR) is 138 cm³/mol. The van der Waals surface area contributed by atoms with Gasteiger partial charge in [0.05, 0.1) is 0 Å². The first-order valence-electron chi connectivity index (χ1n) is 13.3. The first kappa shape index (κ1) is 23.1. The van der Waals surface area contributed by atoms with Crippen molar-refractivity contribution in [2.45, 2.75) is 88.6 Å². The van der Waals surface area contributed by atoms with E-state index in [1.165, 1.54) is 47.8 Å². The van der Waals surface area contributed by atoms with Crippen LogP contribution >= 0.6 is 0 Å². The lowest BCUT2D eigenvalue weighted by atomic mass is 9.74. The van der Waals surface area contributed by atoms with E-state index < -0.39 is 5.54 Å². The van der Waals surface area contributed by atoms with Crippen molar-refractivity contribution in [3.8, 4) is 0 Å². The molecule has 0 unspecified atom stereocenters. The standard InChI is InChI=1S/C28H39N5O/c1-33-26(34)28(32-27(33)29,16-14-20-8-3-2-4-9-20)19-21-10-7-12-23(18-21)31-25-24-13-6-5-11-22(24)15-17-30-25/h5-6,11,13,15,17,20-21,23H,2-4,7-10,12,14,16,18-19H2,1H3,(H2,29,32)(H,30,31)/t21-,23+,28+/m0/s1. The van der Waals surface area contributed by atoms with E-state index >= 15 is 0 Å².